The number of benzene rings is 1. The predicted octanol–water partition coefficient (Wildman–Crippen LogP) is 2.49. The van der Waals surface area contributed by atoms with Crippen molar-refractivity contribution in [3.63, 3.8) is 0 Å². The van der Waals surface area contributed by atoms with Crippen LogP contribution in [0.15, 0.2) is 16.6 Å². The molecule has 1 aromatic rings. The van der Waals surface area contributed by atoms with Gasteiger partial charge in [-0.15, -0.1) is 0 Å². The van der Waals surface area contributed by atoms with Gasteiger partial charge in [-0.1, -0.05) is 0 Å². The van der Waals surface area contributed by atoms with Gasteiger partial charge >= 0.3 is 5.97 Å². The fourth-order valence-corrected chi connectivity index (χ4v) is 2.89. The molecule has 0 fully saturated rings. The van der Waals surface area contributed by atoms with E-state index in [0.29, 0.717) is 28.0 Å². The first kappa shape index (κ1) is 19.6. The molecular weight excluding hydrogens is 386 g/mol. The molecule has 6 nitrogen and oxygen atoms in total. The number of amides is 1. The Morgan fingerprint density at radius 2 is 1.78 bits per heavy atom. The first-order chi connectivity index (χ1) is 11.0. The van der Waals surface area contributed by atoms with Crippen LogP contribution in [0, 0.1) is 0 Å². The number of thioether (sulfide) groups is 1. The van der Waals surface area contributed by atoms with Gasteiger partial charge in [0.1, 0.15) is 22.0 Å². The summed E-state index contributed by atoms with van der Waals surface area (Å²) in [6, 6.07) is 2.45. The van der Waals surface area contributed by atoms with Crippen molar-refractivity contribution in [3.8, 4) is 11.5 Å². The number of carbonyl (C=O) groups excluding carboxylic acids is 2. The number of ether oxygens (including phenoxy) is 3. The molecule has 1 N–H and O–H groups in total. The van der Waals surface area contributed by atoms with Gasteiger partial charge in [0.05, 0.1) is 21.3 Å². The Hall–Kier alpha value is -1.41. The molecule has 1 atom stereocenters. The van der Waals surface area contributed by atoms with Crippen LogP contribution in [-0.4, -0.2) is 51.3 Å². The average molecular weight is 406 g/mol. The third-order valence-corrected chi connectivity index (χ3v) is 4.54. The van der Waals surface area contributed by atoms with Gasteiger partial charge in [-0.05, 0) is 46.5 Å². The Kier molecular flexibility index (Phi) is 8.25. The summed E-state index contributed by atoms with van der Waals surface area (Å²) in [6.07, 6.45) is 2.42. The van der Waals surface area contributed by atoms with E-state index in [1.807, 2.05) is 6.26 Å². The van der Waals surface area contributed by atoms with E-state index >= 15 is 0 Å². The van der Waals surface area contributed by atoms with Crippen LogP contribution >= 0.6 is 27.7 Å². The van der Waals surface area contributed by atoms with Crippen LogP contribution in [-0.2, 0) is 9.53 Å². The second kappa shape index (κ2) is 9.67. The Balaban J connectivity index is 3.00. The molecule has 23 heavy (non-hydrogen) atoms. The van der Waals surface area contributed by atoms with Gasteiger partial charge in [0.2, 0.25) is 0 Å². The van der Waals surface area contributed by atoms with E-state index in [9.17, 15) is 9.59 Å². The van der Waals surface area contributed by atoms with Crippen molar-refractivity contribution in [3.05, 3.63) is 22.2 Å². The largest absolute Gasteiger partial charge is 0.495 e. The molecule has 0 aliphatic carbocycles. The number of methoxy groups -OCH3 is 3. The fourth-order valence-electron chi connectivity index (χ4n) is 1.87. The lowest BCUT2D eigenvalue weighted by molar-refractivity contribution is -0.142. The fraction of sp³-hybridized carbons (Fsp3) is 0.467. The standard InChI is InChI=1S/C15H20BrNO5S/c1-20-11-7-9(8-12(21-2)13(11)16)14(18)17-10(5-6-23-4)15(19)22-3/h7-8,10H,5-6H2,1-4H3,(H,17,18)/t10-/m0/s1. The van der Waals surface area contributed by atoms with Crippen LogP contribution in [0.1, 0.15) is 16.8 Å². The molecule has 0 aromatic heterocycles. The van der Waals surface area contributed by atoms with Crippen LogP contribution in [0.25, 0.3) is 0 Å². The number of esters is 1. The minimum absolute atomic E-state index is 0.333. The predicted molar refractivity (Wildman–Crippen MR) is 93.5 cm³/mol. The average Bonchev–Trinajstić information content (AvgIpc) is 2.57. The van der Waals surface area contributed by atoms with E-state index in [2.05, 4.69) is 21.2 Å². The van der Waals surface area contributed by atoms with Crippen molar-refractivity contribution in [1.29, 1.82) is 0 Å². The second-order valence-corrected chi connectivity index (χ2v) is 6.30. The van der Waals surface area contributed by atoms with Gasteiger partial charge in [0.25, 0.3) is 5.91 Å². The molecule has 128 valence electrons. The summed E-state index contributed by atoms with van der Waals surface area (Å²) in [5.41, 5.74) is 0.333. The highest BCUT2D eigenvalue weighted by molar-refractivity contribution is 9.10. The topological polar surface area (TPSA) is 73.9 Å². The highest BCUT2D eigenvalue weighted by Gasteiger charge is 2.23. The number of halogens is 1. The number of nitrogens with one attached hydrogen (secondary N) is 1. The molecule has 0 unspecified atom stereocenters. The molecule has 0 aliphatic rings. The molecule has 1 aromatic carbocycles. The van der Waals surface area contributed by atoms with Gasteiger partial charge in [0, 0.05) is 5.56 Å². The summed E-state index contributed by atoms with van der Waals surface area (Å²) in [4.78, 5) is 24.2. The minimum atomic E-state index is -0.694. The highest BCUT2D eigenvalue weighted by atomic mass is 79.9. The van der Waals surface area contributed by atoms with Crippen LogP contribution in [0.4, 0.5) is 0 Å². The Bertz CT molecular complexity index is 542. The molecule has 1 rings (SSSR count). The first-order valence-corrected chi connectivity index (χ1v) is 8.96. The second-order valence-electron chi connectivity index (χ2n) is 4.53. The zero-order valence-corrected chi connectivity index (χ0v) is 15.9. The van der Waals surface area contributed by atoms with Crippen LogP contribution in [0.5, 0.6) is 11.5 Å². The van der Waals surface area contributed by atoms with E-state index < -0.39 is 17.9 Å². The van der Waals surface area contributed by atoms with Crippen molar-refractivity contribution < 1.29 is 23.8 Å². The van der Waals surface area contributed by atoms with Crippen molar-refractivity contribution in [2.75, 3.05) is 33.3 Å². The van der Waals surface area contributed by atoms with Crippen molar-refractivity contribution in [1.82, 2.24) is 5.32 Å². The number of carbonyl (C=O) groups is 2. The lowest BCUT2D eigenvalue weighted by atomic mass is 10.1. The summed E-state index contributed by atoms with van der Waals surface area (Å²) in [5.74, 6) is 0.794. The molecule has 0 aliphatic heterocycles. The molecule has 0 bridgehead atoms. The summed E-state index contributed by atoms with van der Waals surface area (Å²) in [7, 11) is 4.29. The summed E-state index contributed by atoms with van der Waals surface area (Å²) >= 11 is 4.94. The Labute approximate surface area is 148 Å². The van der Waals surface area contributed by atoms with Gasteiger partial charge in [-0.3, -0.25) is 4.79 Å². The maximum atomic E-state index is 12.4. The number of hydrogen-bond donors (Lipinski definition) is 1. The van der Waals surface area contributed by atoms with Gasteiger partial charge in [-0.2, -0.15) is 11.8 Å². The molecule has 1 amide bonds. The van der Waals surface area contributed by atoms with Crippen molar-refractivity contribution in [2.45, 2.75) is 12.5 Å². The maximum Gasteiger partial charge on any atom is 0.328 e. The van der Waals surface area contributed by atoms with E-state index in [4.69, 9.17) is 14.2 Å². The van der Waals surface area contributed by atoms with Crippen LogP contribution < -0.4 is 14.8 Å². The van der Waals surface area contributed by atoms with Crippen molar-refractivity contribution in [2.24, 2.45) is 0 Å². The third-order valence-electron chi connectivity index (χ3n) is 3.11. The highest BCUT2D eigenvalue weighted by Crippen LogP contribution is 2.35. The SMILES string of the molecule is COC(=O)[C@H](CCSC)NC(=O)c1cc(OC)c(Br)c(OC)c1. The molecule has 0 spiro atoms. The molecule has 8 heteroatoms. The molecule has 0 heterocycles. The zero-order valence-electron chi connectivity index (χ0n) is 13.5. The lowest BCUT2D eigenvalue weighted by Crippen LogP contribution is -2.42. The number of hydrogen-bond acceptors (Lipinski definition) is 6. The molecule has 0 saturated carbocycles. The quantitative estimate of drug-likeness (QED) is 0.669. The molecule has 0 radical (unpaired) electrons. The van der Waals surface area contributed by atoms with E-state index in [1.165, 1.54) is 21.3 Å². The Morgan fingerprint density at radius 1 is 1.22 bits per heavy atom. The smallest absolute Gasteiger partial charge is 0.328 e. The third kappa shape index (κ3) is 5.31. The first-order valence-electron chi connectivity index (χ1n) is 6.77. The van der Waals surface area contributed by atoms with Gasteiger partial charge in [0.15, 0.2) is 0 Å². The van der Waals surface area contributed by atoms with Gasteiger partial charge in [-0.25, -0.2) is 4.79 Å². The Morgan fingerprint density at radius 3 is 2.22 bits per heavy atom. The summed E-state index contributed by atoms with van der Waals surface area (Å²) in [5, 5.41) is 2.69. The van der Waals surface area contributed by atoms with E-state index in [-0.39, 0.29) is 0 Å². The maximum absolute atomic E-state index is 12.4. The summed E-state index contributed by atoms with van der Waals surface area (Å²) < 4.78 is 15.8. The van der Waals surface area contributed by atoms with E-state index in [0.717, 1.165) is 5.75 Å². The summed E-state index contributed by atoms with van der Waals surface area (Å²) in [6.45, 7) is 0. The molecule has 0 saturated heterocycles. The zero-order chi connectivity index (χ0) is 17.4. The normalized spacial score (nSPS) is 11.5. The van der Waals surface area contributed by atoms with Crippen LogP contribution in [0.3, 0.4) is 0 Å². The minimum Gasteiger partial charge on any atom is -0.495 e. The molecular formula is C15H20BrNO5S. The van der Waals surface area contributed by atoms with E-state index in [1.54, 1.807) is 23.9 Å². The van der Waals surface area contributed by atoms with Crippen LogP contribution in [0.2, 0.25) is 0 Å². The number of rotatable bonds is 8. The lowest BCUT2D eigenvalue weighted by Gasteiger charge is -2.17. The monoisotopic (exact) mass is 405 g/mol. The van der Waals surface area contributed by atoms with Gasteiger partial charge < -0.3 is 19.5 Å². The van der Waals surface area contributed by atoms with Crippen molar-refractivity contribution >= 4 is 39.6 Å².